The lowest BCUT2D eigenvalue weighted by atomic mass is 9.95. The number of nitrogens with zero attached hydrogens (tertiary/aromatic N) is 1. The summed E-state index contributed by atoms with van der Waals surface area (Å²) in [6.45, 7) is 10.2. The average molecular weight is 345 g/mol. The molecule has 0 aromatic heterocycles. The normalized spacial score (nSPS) is 17.8. The molecule has 138 valence electrons. The molecule has 25 heavy (non-hydrogen) atoms. The second kappa shape index (κ2) is 8.48. The Morgan fingerprint density at radius 2 is 1.68 bits per heavy atom. The van der Waals surface area contributed by atoms with Crippen LogP contribution in [0.4, 0.5) is 0 Å². The van der Waals surface area contributed by atoms with E-state index >= 15 is 0 Å². The number of carbonyl (C=O) groups is 2. The van der Waals surface area contributed by atoms with E-state index in [9.17, 15) is 9.59 Å². The van der Waals surface area contributed by atoms with Crippen molar-refractivity contribution >= 4 is 11.8 Å². The molecule has 0 radical (unpaired) electrons. The fourth-order valence-corrected chi connectivity index (χ4v) is 2.92. The van der Waals surface area contributed by atoms with E-state index in [0.29, 0.717) is 0 Å². The quantitative estimate of drug-likeness (QED) is 0.833. The van der Waals surface area contributed by atoms with Crippen LogP contribution in [0.3, 0.4) is 0 Å². The van der Waals surface area contributed by atoms with Gasteiger partial charge in [-0.3, -0.25) is 9.59 Å². The minimum absolute atomic E-state index is 0.0687. The summed E-state index contributed by atoms with van der Waals surface area (Å²) in [5.41, 5.74) is 0.584. The Morgan fingerprint density at radius 1 is 1.08 bits per heavy atom. The summed E-state index contributed by atoms with van der Waals surface area (Å²) in [6.07, 6.45) is 2.43. The van der Waals surface area contributed by atoms with Gasteiger partial charge in [0.15, 0.2) is 0 Å². The van der Waals surface area contributed by atoms with Gasteiger partial charge in [0.25, 0.3) is 0 Å². The van der Waals surface area contributed by atoms with Gasteiger partial charge in [-0.15, -0.1) is 0 Å². The average Bonchev–Trinajstić information content (AvgIpc) is 3.07. The van der Waals surface area contributed by atoms with Gasteiger partial charge in [0.2, 0.25) is 11.8 Å². The first kappa shape index (κ1) is 19.4. The molecule has 2 rings (SSSR count). The van der Waals surface area contributed by atoms with Crippen molar-refractivity contribution in [1.82, 2.24) is 15.5 Å². The van der Waals surface area contributed by atoms with Crippen molar-refractivity contribution in [2.24, 2.45) is 5.41 Å². The Morgan fingerprint density at radius 3 is 2.24 bits per heavy atom. The molecule has 2 amide bonds. The Balaban J connectivity index is 2.02. The monoisotopic (exact) mass is 345 g/mol. The van der Waals surface area contributed by atoms with Crippen molar-refractivity contribution in [2.75, 3.05) is 19.6 Å². The largest absolute Gasteiger partial charge is 0.346 e. The first-order chi connectivity index (χ1) is 11.8. The predicted molar refractivity (Wildman–Crippen MR) is 100 cm³/mol. The smallest absolute Gasteiger partial charge is 0.242 e. The van der Waals surface area contributed by atoms with Gasteiger partial charge in [0.05, 0.1) is 6.04 Å². The lowest BCUT2D eigenvalue weighted by molar-refractivity contribution is -0.133. The fourth-order valence-electron chi connectivity index (χ4n) is 2.92. The number of rotatable bonds is 6. The molecule has 1 saturated heterocycles. The van der Waals surface area contributed by atoms with E-state index in [0.717, 1.165) is 25.2 Å². The van der Waals surface area contributed by atoms with E-state index in [4.69, 9.17) is 0 Å². The third-order valence-corrected chi connectivity index (χ3v) is 4.58. The maximum atomic E-state index is 12.6. The molecule has 0 spiro atoms. The molecule has 0 saturated carbocycles. The molecule has 2 atom stereocenters. The van der Waals surface area contributed by atoms with Gasteiger partial charge in [-0.2, -0.15) is 0 Å². The molecule has 1 fully saturated rings. The summed E-state index contributed by atoms with van der Waals surface area (Å²) in [7, 11) is 0. The van der Waals surface area contributed by atoms with E-state index in [1.54, 1.807) is 6.92 Å². The van der Waals surface area contributed by atoms with Crippen LogP contribution in [0.1, 0.15) is 52.1 Å². The van der Waals surface area contributed by atoms with Gasteiger partial charge in [-0.05, 0) is 38.4 Å². The Hall–Kier alpha value is -1.88. The van der Waals surface area contributed by atoms with Crippen molar-refractivity contribution in [3.8, 4) is 0 Å². The van der Waals surface area contributed by atoms with Gasteiger partial charge in [-0.25, -0.2) is 0 Å². The first-order valence-corrected chi connectivity index (χ1v) is 9.16. The molecule has 1 aromatic carbocycles. The molecular formula is C20H31N3O2. The van der Waals surface area contributed by atoms with Crippen LogP contribution in [-0.2, 0) is 9.59 Å². The van der Waals surface area contributed by atoms with Crippen LogP contribution >= 0.6 is 0 Å². The van der Waals surface area contributed by atoms with Crippen molar-refractivity contribution in [3.63, 3.8) is 0 Å². The number of hydrogen-bond acceptors (Lipinski definition) is 3. The molecule has 1 aliphatic heterocycles. The number of carbonyl (C=O) groups excluding carboxylic acids is 2. The van der Waals surface area contributed by atoms with Crippen molar-refractivity contribution in [1.29, 1.82) is 0 Å². The van der Waals surface area contributed by atoms with Crippen LogP contribution in [0.2, 0.25) is 0 Å². The number of benzene rings is 1. The summed E-state index contributed by atoms with van der Waals surface area (Å²) in [4.78, 5) is 27.1. The van der Waals surface area contributed by atoms with Crippen LogP contribution < -0.4 is 10.6 Å². The molecule has 1 heterocycles. The highest BCUT2D eigenvalue weighted by molar-refractivity contribution is 5.89. The number of hydrogen-bond donors (Lipinski definition) is 2. The maximum Gasteiger partial charge on any atom is 0.242 e. The summed E-state index contributed by atoms with van der Waals surface area (Å²) in [5, 5.41) is 5.93. The summed E-state index contributed by atoms with van der Waals surface area (Å²) < 4.78 is 0. The van der Waals surface area contributed by atoms with Crippen LogP contribution in [0, 0.1) is 5.41 Å². The molecular weight excluding hydrogens is 314 g/mol. The number of amides is 2. The standard InChI is InChI=1S/C20H31N3O2/c1-15(21-19(25)20(2,3)4)18(24)22-17(14-23-12-8-9-13-23)16-10-6-5-7-11-16/h5-7,10-11,15,17H,8-9,12-14H2,1-4H3,(H,21,25)(H,22,24). The highest BCUT2D eigenvalue weighted by Crippen LogP contribution is 2.18. The second-order valence-corrected chi connectivity index (χ2v) is 7.92. The zero-order valence-corrected chi connectivity index (χ0v) is 15.8. The molecule has 1 aliphatic rings. The summed E-state index contributed by atoms with van der Waals surface area (Å²) >= 11 is 0. The summed E-state index contributed by atoms with van der Waals surface area (Å²) in [6, 6.07) is 9.41. The summed E-state index contributed by atoms with van der Waals surface area (Å²) in [5.74, 6) is -0.267. The molecule has 2 unspecified atom stereocenters. The van der Waals surface area contributed by atoms with Crippen LogP contribution in [0.5, 0.6) is 0 Å². The van der Waals surface area contributed by atoms with Gasteiger partial charge in [0, 0.05) is 12.0 Å². The van der Waals surface area contributed by atoms with E-state index in [2.05, 4.69) is 15.5 Å². The lowest BCUT2D eigenvalue weighted by Crippen LogP contribution is -2.50. The Kier molecular flexibility index (Phi) is 6.59. The number of likely N-dealkylation sites (tertiary alicyclic amines) is 1. The van der Waals surface area contributed by atoms with Crippen LogP contribution in [-0.4, -0.2) is 42.4 Å². The van der Waals surface area contributed by atoms with Crippen molar-refractivity contribution < 1.29 is 9.59 Å². The first-order valence-electron chi connectivity index (χ1n) is 9.16. The molecule has 0 aliphatic carbocycles. The maximum absolute atomic E-state index is 12.6. The van der Waals surface area contributed by atoms with E-state index in [1.165, 1.54) is 12.8 Å². The topological polar surface area (TPSA) is 61.4 Å². The molecule has 2 N–H and O–H groups in total. The minimum Gasteiger partial charge on any atom is -0.346 e. The fraction of sp³-hybridized carbons (Fsp3) is 0.600. The Bertz CT molecular complexity index is 574. The molecule has 5 heteroatoms. The SMILES string of the molecule is CC(NC(=O)C(C)(C)C)C(=O)NC(CN1CCCC1)c1ccccc1. The van der Waals surface area contributed by atoms with Crippen LogP contribution in [0.25, 0.3) is 0 Å². The van der Waals surface area contributed by atoms with Gasteiger partial charge in [0.1, 0.15) is 6.04 Å². The van der Waals surface area contributed by atoms with Crippen LogP contribution in [0.15, 0.2) is 30.3 Å². The molecule has 5 nitrogen and oxygen atoms in total. The second-order valence-electron chi connectivity index (χ2n) is 7.92. The van der Waals surface area contributed by atoms with E-state index in [1.807, 2.05) is 51.1 Å². The predicted octanol–water partition coefficient (Wildman–Crippen LogP) is 2.49. The highest BCUT2D eigenvalue weighted by atomic mass is 16.2. The Labute approximate surface area is 151 Å². The molecule has 1 aromatic rings. The van der Waals surface area contributed by atoms with Gasteiger partial charge in [-0.1, -0.05) is 51.1 Å². The third-order valence-electron chi connectivity index (χ3n) is 4.58. The van der Waals surface area contributed by atoms with Crippen molar-refractivity contribution in [3.05, 3.63) is 35.9 Å². The minimum atomic E-state index is -0.559. The number of nitrogens with one attached hydrogen (secondary N) is 2. The third kappa shape index (κ3) is 5.85. The van der Waals surface area contributed by atoms with Gasteiger partial charge < -0.3 is 15.5 Å². The van der Waals surface area contributed by atoms with Crippen molar-refractivity contribution in [2.45, 2.75) is 52.6 Å². The zero-order valence-electron chi connectivity index (χ0n) is 15.8. The lowest BCUT2D eigenvalue weighted by Gasteiger charge is -2.27. The zero-order chi connectivity index (χ0) is 18.4. The van der Waals surface area contributed by atoms with E-state index < -0.39 is 11.5 Å². The van der Waals surface area contributed by atoms with Gasteiger partial charge >= 0.3 is 0 Å². The molecule has 0 bridgehead atoms. The van der Waals surface area contributed by atoms with E-state index in [-0.39, 0.29) is 17.9 Å². The highest BCUT2D eigenvalue weighted by Gasteiger charge is 2.27.